The van der Waals surface area contributed by atoms with Crippen LogP contribution in [0.2, 0.25) is 0 Å². The Kier molecular flexibility index (Phi) is 5.01. The van der Waals surface area contributed by atoms with Gasteiger partial charge in [0.2, 0.25) is 11.8 Å². The summed E-state index contributed by atoms with van der Waals surface area (Å²) < 4.78 is 5.56. The Hall–Kier alpha value is -1.82. The molecule has 0 bridgehead atoms. The van der Waals surface area contributed by atoms with Crippen molar-refractivity contribution in [3.8, 4) is 0 Å². The minimum absolute atomic E-state index is 0.142. The Morgan fingerprint density at radius 1 is 1.19 bits per heavy atom. The van der Waals surface area contributed by atoms with Crippen LogP contribution >= 0.6 is 11.8 Å². The second-order valence-corrected chi connectivity index (χ2v) is 5.88. The lowest BCUT2D eigenvalue weighted by Crippen LogP contribution is -2.27. The Morgan fingerprint density at radius 2 is 1.86 bits per heavy atom. The first-order chi connectivity index (χ1) is 10.0. The molecule has 0 unspecified atom stereocenters. The molecule has 2 rings (SSSR count). The van der Waals surface area contributed by atoms with E-state index in [9.17, 15) is 4.79 Å². The van der Waals surface area contributed by atoms with E-state index in [1.165, 1.54) is 0 Å². The van der Waals surface area contributed by atoms with Gasteiger partial charge in [0.15, 0.2) is 0 Å². The first-order valence-electron chi connectivity index (χ1n) is 6.80. The number of amides is 1. The fourth-order valence-electron chi connectivity index (χ4n) is 1.82. The Morgan fingerprint density at radius 3 is 2.48 bits per heavy atom. The van der Waals surface area contributed by atoms with Crippen molar-refractivity contribution in [3.63, 3.8) is 0 Å². The number of benzene rings is 1. The van der Waals surface area contributed by atoms with Crippen LogP contribution in [0.15, 0.2) is 33.6 Å². The molecule has 0 aliphatic heterocycles. The number of thioether (sulfide) groups is 1. The molecular formula is C15H19N3O2S. The first-order valence-corrected chi connectivity index (χ1v) is 8.02. The smallest absolute Gasteiger partial charge is 0.253 e. The summed E-state index contributed by atoms with van der Waals surface area (Å²) in [5, 5.41) is 10.9. The van der Waals surface area contributed by atoms with E-state index in [4.69, 9.17) is 4.42 Å². The molecule has 2 aromatic rings. The first kappa shape index (κ1) is 15.6. The SMILES string of the molecule is CSc1ccccc1C(=O)N[C@@H](C)c1nnc(C(C)C)o1. The summed E-state index contributed by atoms with van der Waals surface area (Å²) in [4.78, 5) is 13.3. The van der Waals surface area contributed by atoms with Crippen LogP contribution in [-0.4, -0.2) is 22.4 Å². The molecule has 0 fully saturated rings. The fourth-order valence-corrected chi connectivity index (χ4v) is 2.42. The molecule has 1 N–H and O–H groups in total. The van der Waals surface area contributed by atoms with Gasteiger partial charge < -0.3 is 9.73 Å². The monoisotopic (exact) mass is 305 g/mol. The van der Waals surface area contributed by atoms with Gasteiger partial charge in [0, 0.05) is 10.8 Å². The second kappa shape index (κ2) is 6.76. The van der Waals surface area contributed by atoms with Crippen LogP contribution in [0.3, 0.4) is 0 Å². The molecule has 0 radical (unpaired) electrons. The molecule has 0 aliphatic carbocycles. The van der Waals surface area contributed by atoms with E-state index in [2.05, 4.69) is 15.5 Å². The van der Waals surface area contributed by atoms with E-state index in [-0.39, 0.29) is 17.9 Å². The maximum atomic E-state index is 12.3. The van der Waals surface area contributed by atoms with Crippen LogP contribution < -0.4 is 5.32 Å². The predicted octanol–water partition coefficient (Wildman–Crippen LogP) is 3.41. The molecule has 0 saturated heterocycles. The Balaban J connectivity index is 2.11. The van der Waals surface area contributed by atoms with Gasteiger partial charge in [-0.15, -0.1) is 22.0 Å². The maximum absolute atomic E-state index is 12.3. The van der Waals surface area contributed by atoms with Crippen molar-refractivity contribution >= 4 is 17.7 Å². The van der Waals surface area contributed by atoms with Gasteiger partial charge in [0.05, 0.1) is 5.56 Å². The third kappa shape index (κ3) is 3.64. The fraction of sp³-hybridized carbons (Fsp3) is 0.400. The highest BCUT2D eigenvalue weighted by Crippen LogP contribution is 2.21. The number of nitrogens with one attached hydrogen (secondary N) is 1. The lowest BCUT2D eigenvalue weighted by molar-refractivity contribution is 0.0931. The van der Waals surface area contributed by atoms with Crippen molar-refractivity contribution in [2.75, 3.05) is 6.26 Å². The summed E-state index contributed by atoms with van der Waals surface area (Å²) >= 11 is 1.54. The van der Waals surface area contributed by atoms with Crippen molar-refractivity contribution in [2.24, 2.45) is 0 Å². The van der Waals surface area contributed by atoms with Crippen LogP contribution in [-0.2, 0) is 0 Å². The van der Waals surface area contributed by atoms with E-state index >= 15 is 0 Å². The van der Waals surface area contributed by atoms with Gasteiger partial charge in [-0.25, -0.2) is 0 Å². The molecule has 1 aromatic carbocycles. The molecule has 21 heavy (non-hydrogen) atoms. The number of carbonyl (C=O) groups is 1. The van der Waals surface area contributed by atoms with Crippen molar-refractivity contribution in [2.45, 2.75) is 37.6 Å². The molecule has 1 heterocycles. The van der Waals surface area contributed by atoms with E-state index in [0.717, 1.165) is 4.90 Å². The van der Waals surface area contributed by atoms with Crippen LogP contribution in [0.4, 0.5) is 0 Å². The summed E-state index contributed by atoms with van der Waals surface area (Å²) in [5.41, 5.74) is 0.653. The molecule has 0 saturated carbocycles. The average molecular weight is 305 g/mol. The van der Waals surface area contributed by atoms with Gasteiger partial charge in [-0.2, -0.15) is 0 Å². The van der Waals surface area contributed by atoms with Gasteiger partial charge in [-0.3, -0.25) is 4.79 Å². The van der Waals surface area contributed by atoms with Gasteiger partial charge in [0.25, 0.3) is 5.91 Å². The third-order valence-electron chi connectivity index (χ3n) is 3.02. The minimum Gasteiger partial charge on any atom is -0.423 e. The molecule has 0 spiro atoms. The highest BCUT2D eigenvalue weighted by atomic mass is 32.2. The Bertz CT molecular complexity index is 625. The molecular weight excluding hydrogens is 286 g/mol. The van der Waals surface area contributed by atoms with Crippen molar-refractivity contribution < 1.29 is 9.21 Å². The highest BCUT2D eigenvalue weighted by molar-refractivity contribution is 7.98. The zero-order valence-corrected chi connectivity index (χ0v) is 13.4. The van der Waals surface area contributed by atoms with Crippen molar-refractivity contribution in [1.82, 2.24) is 15.5 Å². The molecule has 112 valence electrons. The van der Waals surface area contributed by atoms with E-state index < -0.39 is 0 Å². The molecule has 1 aromatic heterocycles. The summed E-state index contributed by atoms with van der Waals surface area (Å²) in [6, 6.07) is 7.17. The van der Waals surface area contributed by atoms with Crippen LogP contribution in [0.1, 0.15) is 54.9 Å². The molecule has 1 atom stereocenters. The third-order valence-corrected chi connectivity index (χ3v) is 3.82. The van der Waals surface area contributed by atoms with Gasteiger partial charge in [0.1, 0.15) is 6.04 Å². The number of carbonyl (C=O) groups excluding carboxylic acids is 1. The predicted molar refractivity (Wildman–Crippen MR) is 82.5 cm³/mol. The lowest BCUT2D eigenvalue weighted by atomic mass is 10.2. The Labute approximate surface area is 128 Å². The van der Waals surface area contributed by atoms with Crippen LogP contribution in [0, 0.1) is 0 Å². The molecule has 1 amide bonds. The van der Waals surface area contributed by atoms with E-state index in [1.54, 1.807) is 17.8 Å². The topological polar surface area (TPSA) is 68.0 Å². The summed E-state index contributed by atoms with van der Waals surface area (Å²) in [6.07, 6.45) is 1.95. The van der Waals surface area contributed by atoms with Gasteiger partial charge in [-0.05, 0) is 25.3 Å². The van der Waals surface area contributed by atoms with E-state index in [0.29, 0.717) is 17.3 Å². The normalized spacial score (nSPS) is 12.4. The molecule has 5 nitrogen and oxygen atoms in total. The van der Waals surface area contributed by atoms with Gasteiger partial charge >= 0.3 is 0 Å². The summed E-state index contributed by atoms with van der Waals surface area (Å²) in [6.45, 7) is 5.79. The lowest BCUT2D eigenvalue weighted by Gasteiger charge is -2.12. The summed E-state index contributed by atoms with van der Waals surface area (Å²) in [5.74, 6) is 1.03. The number of hydrogen-bond donors (Lipinski definition) is 1. The molecule has 6 heteroatoms. The van der Waals surface area contributed by atoms with E-state index in [1.807, 2.05) is 45.2 Å². The van der Waals surface area contributed by atoms with Crippen LogP contribution in [0.5, 0.6) is 0 Å². The molecule has 0 aliphatic rings. The quantitative estimate of drug-likeness (QED) is 0.857. The second-order valence-electron chi connectivity index (χ2n) is 5.03. The minimum atomic E-state index is -0.326. The van der Waals surface area contributed by atoms with Crippen molar-refractivity contribution in [3.05, 3.63) is 41.6 Å². The van der Waals surface area contributed by atoms with Crippen LogP contribution in [0.25, 0.3) is 0 Å². The number of rotatable bonds is 5. The number of nitrogens with zero attached hydrogens (tertiary/aromatic N) is 2. The van der Waals surface area contributed by atoms with Gasteiger partial charge in [-0.1, -0.05) is 26.0 Å². The summed E-state index contributed by atoms with van der Waals surface area (Å²) in [7, 11) is 0. The zero-order valence-electron chi connectivity index (χ0n) is 12.6. The number of hydrogen-bond acceptors (Lipinski definition) is 5. The zero-order chi connectivity index (χ0) is 15.4. The maximum Gasteiger partial charge on any atom is 0.253 e. The van der Waals surface area contributed by atoms with Crippen molar-refractivity contribution in [1.29, 1.82) is 0 Å². The number of aromatic nitrogens is 2. The average Bonchev–Trinajstić information content (AvgIpc) is 2.97. The standard InChI is InChI=1S/C15H19N3O2S/c1-9(2)14-17-18-15(20-14)10(3)16-13(19)11-7-5-6-8-12(11)21-4/h5-10H,1-4H3,(H,16,19)/t10-/m0/s1. The highest BCUT2D eigenvalue weighted by Gasteiger charge is 2.19. The largest absolute Gasteiger partial charge is 0.423 e.